The van der Waals surface area contributed by atoms with E-state index >= 15 is 0 Å². The molecule has 1 aliphatic rings. The van der Waals surface area contributed by atoms with Gasteiger partial charge >= 0.3 is 24.7 Å². The normalized spacial score (nSPS) is 18.9. The van der Waals surface area contributed by atoms with Gasteiger partial charge < -0.3 is 4.90 Å². The van der Waals surface area contributed by atoms with Gasteiger partial charge in [0.25, 0.3) is 10.1 Å². The van der Waals surface area contributed by atoms with Crippen molar-refractivity contribution in [2.45, 2.75) is 55.8 Å². The highest BCUT2D eigenvalue weighted by Gasteiger charge is 2.46. The molecule has 0 aliphatic carbocycles. The number of nitrogens with zero attached hydrogens (tertiary/aromatic N) is 1. The van der Waals surface area contributed by atoms with Gasteiger partial charge in [0.2, 0.25) is 5.91 Å². The van der Waals surface area contributed by atoms with E-state index in [1.807, 2.05) is 0 Å². The summed E-state index contributed by atoms with van der Waals surface area (Å²) in [5.74, 6) is -1.02. The van der Waals surface area contributed by atoms with E-state index in [1.54, 1.807) is 0 Å². The molecule has 0 unspecified atom stereocenters. The van der Waals surface area contributed by atoms with Gasteiger partial charge in [0.05, 0.1) is 41.5 Å². The van der Waals surface area contributed by atoms with E-state index < -0.39 is 100.0 Å². The van der Waals surface area contributed by atoms with Gasteiger partial charge in [-0.15, -0.1) is 0 Å². The van der Waals surface area contributed by atoms with Crippen LogP contribution in [0.1, 0.15) is 52.6 Å². The summed E-state index contributed by atoms with van der Waals surface area (Å²) in [6.45, 7) is -1.36. The first-order valence-electron chi connectivity index (χ1n) is 12.5. The molecule has 18 heteroatoms. The standard InChI is InChI=1S/C26H23F12NO4S/c1-44(41,42)43-8-6-22(16-3-4-19(25(33,34)35)20(13-16)26(36,37)38)5-2-7-39(14-22)21(40)11-15-9-17(23(27,28)29)12-18(10-15)24(30,31)32/h3-4,9-10,12-13H,2,5-8,11,14H2,1H3/t22-/m1/s1. The van der Waals surface area contributed by atoms with Crippen LogP contribution < -0.4 is 0 Å². The second-order valence-electron chi connectivity index (χ2n) is 10.3. The molecule has 0 aromatic heterocycles. The van der Waals surface area contributed by atoms with Crippen molar-refractivity contribution in [2.24, 2.45) is 0 Å². The van der Waals surface area contributed by atoms with Crippen LogP contribution in [0.4, 0.5) is 52.7 Å². The summed E-state index contributed by atoms with van der Waals surface area (Å²) in [6, 6.07) is 1.73. The van der Waals surface area contributed by atoms with Gasteiger partial charge in [-0.25, -0.2) is 0 Å². The average Bonchev–Trinajstić information content (AvgIpc) is 2.85. The van der Waals surface area contributed by atoms with E-state index in [-0.39, 0.29) is 43.1 Å². The zero-order valence-corrected chi connectivity index (χ0v) is 23.3. The molecule has 1 atom stereocenters. The third kappa shape index (κ3) is 8.79. The lowest BCUT2D eigenvalue weighted by atomic mass is 9.71. The van der Waals surface area contributed by atoms with Crippen LogP contribution in [0.5, 0.6) is 0 Å². The lowest BCUT2D eigenvalue weighted by molar-refractivity contribution is -0.162. The average molecular weight is 674 g/mol. The third-order valence-electron chi connectivity index (χ3n) is 7.05. The summed E-state index contributed by atoms with van der Waals surface area (Å²) in [4.78, 5) is 14.1. The molecular weight excluding hydrogens is 650 g/mol. The van der Waals surface area contributed by atoms with E-state index in [1.165, 1.54) is 0 Å². The lowest BCUT2D eigenvalue weighted by Crippen LogP contribution is -2.49. The fourth-order valence-corrected chi connectivity index (χ4v) is 5.47. The van der Waals surface area contributed by atoms with Crippen molar-refractivity contribution < 1.29 is 70.1 Å². The summed E-state index contributed by atoms with van der Waals surface area (Å²) in [6.07, 6.45) is -22.1. The molecule has 1 heterocycles. The molecule has 0 radical (unpaired) electrons. The quantitative estimate of drug-likeness (QED) is 0.230. The van der Waals surface area contributed by atoms with Crippen LogP contribution in [0.2, 0.25) is 0 Å². The number of hydrogen-bond donors (Lipinski definition) is 0. The first-order chi connectivity index (χ1) is 19.8. The number of hydrogen-bond acceptors (Lipinski definition) is 4. The Kier molecular flexibility index (Phi) is 9.72. The van der Waals surface area contributed by atoms with Crippen LogP contribution in [0.3, 0.4) is 0 Å². The highest BCUT2D eigenvalue weighted by atomic mass is 32.2. The van der Waals surface area contributed by atoms with Crippen LogP contribution in [-0.2, 0) is 55.6 Å². The number of benzene rings is 2. The molecule has 44 heavy (non-hydrogen) atoms. The zero-order chi connectivity index (χ0) is 33.5. The van der Waals surface area contributed by atoms with Crippen molar-refractivity contribution in [3.05, 3.63) is 69.8 Å². The Balaban J connectivity index is 2.04. The highest BCUT2D eigenvalue weighted by Crippen LogP contribution is 2.45. The zero-order valence-electron chi connectivity index (χ0n) is 22.4. The molecule has 0 N–H and O–H groups in total. The second-order valence-corrected chi connectivity index (χ2v) is 12.0. The number of halogens is 12. The molecule has 2 aromatic rings. The van der Waals surface area contributed by atoms with Gasteiger partial charge in [0.15, 0.2) is 0 Å². The molecule has 2 aromatic carbocycles. The largest absolute Gasteiger partial charge is 0.417 e. The summed E-state index contributed by atoms with van der Waals surface area (Å²) in [7, 11) is -4.09. The van der Waals surface area contributed by atoms with Crippen molar-refractivity contribution in [3.63, 3.8) is 0 Å². The molecular formula is C26H23F12NO4S. The smallest absolute Gasteiger partial charge is 0.342 e. The predicted octanol–water partition coefficient (Wildman–Crippen LogP) is 7.23. The van der Waals surface area contributed by atoms with Gasteiger partial charge in [-0.05, 0) is 60.7 Å². The van der Waals surface area contributed by atoms with Crippen LogP contribution >= 0.6 is 0 Å². The Morgan fingerprint density at radius 1 is 0.818 bits per heavy atom. The van der Waals surface area contributed by atoms with Gasteiger partial charge in [-0.3, -0.25) is 8.98 Å². The monoisotopic (exact) mass is 673 g/mol. The molecule has 0 bridgehead atoms. The Labute approximate surface area is 242 Å². The Hall–Kier alpha value is -3.02. The third-order valence-corrected chi connectivity index (χ3v) is 7.65. The maximum Gasteiger partial charge on any atom is 0.417 e. The summed E-state index contributed by atoms with van der Waals surface area (Å²) in [5, 5.41) is 0. The Bertz CT molecular complexity index is 1450. The van der Waals surface area contributed by atoms with Gasteiger partial charge in [-0.1, -0.05) is 6.07 Å². The van der Waals surface area contributed by atoms with Crippen LogP contribution in [0, 0.1) is 0 Å². The van der Waals surface area contributed by atoms with Crippen molar-refractivity contribution in [1.82, 2.24) is 4.90 Å². The Morgan fingerprint density at radius 3 is 1.84 bits per heavy atom. The van der Waals surface area contributed by atoms with Crippen LogP contribution in [0.25, 0.3) is 0 Å². The van der Waals surface area contributed by atoms with Crippen LogP contribution in [-0.4, -0.2) is 45.2 Å². The van der Waals surface area contributed by atoms with E-state index in [0.29, 0.717) is 18.4 Å². The molecule has 0 saturated carbocycles. The van der Waals surface area contributed by atoms with Crippen molar-refractivity contribution in [1.29, 1.82) is 0 Å². The summed E-state index contributed by atoms with van der Waals surface area (Å²) in [5.41, 5.74) is -10.0. The number of likely N-dealkylation sites (tertiary alicyclic amines) is 1. The number of alkyl halides is 12. The van der Waals surface area contributed by atoms with Crippen molar-refractivity contribution in [3.8, 4) is 0 Å². The topological polar surface area (TPSA) is 63.7 Å². The predicted molar refractivity (Wildman–Crippen MR) is 130 cm³/mol. The highest BCUT2D eigenvalue weighted by molar-refractivity contribution is 7.85. The SMILES string of the molecule is CS(=O)(=O)OCC[C@]1(c2ccc(C(F)(F)F)c(C(F)(F)F)c2)CCCN(C(=O)Cc2cc(C(F)(F)F)cc(C(F)(F)F)c2)C1. The number of rotatable bonds is 7. The first-order valence-corrected chi connectivity index (χ1v) is 14.3. The number of piperidine rings is 1. The second kappa shape index (κ2) is 12.1. The van der Waals surface area contributed by atoms with Crippen molar-refractivity contribution in [2.75, 3.05) is 26.0 Å². The van der Waals surface area contributed by atoms with Crippen LogP contribution in [0.15, 0.2) is 36.4 Å². The molecule has 1 fully saturated rings. The van der Waals surface area contributed by atoms with Crippen molar-refractivity contribution >= 4 is 16.0 Å². The van der Waals surface area contributed by atoms with E-state index in [9.17, 15) is 65.9 Å². The molecule has 5 nitrogen and oxygen atoms in total. The van der Waals surface area contributed by atoms with E-state index in [4.69, 9.17) is 0 Å². The maximum absolute atomic E-state index is 13.7. The summed E-state index contributed by atoms with van der Waals surface area (Å²) >= 11 is 0. The molecule has 246 valence electrons. The fourth-order valence-electron chi connectivity index (χ4n) is 5.08. The number of carbonyl (C=O) groups is 1. The minimum atomic E-state index is -5.48. The summed E-state index contributed by atoms with van der Waals surface area (Å²) < 4.78 is 189. The fraction of sp³-hybridized carbons (Fsp3) is 0.500. The van der Waals surface area contributed by atoms with E-state index in [0.717, 1.165) is 11.0 Å². The van der Waals surface area contributed by atoms with E-state index in [2.05, 4.69) is 4.18 Å². The lowest BCUT2D eigenvalue weighted by Gasteiger charge is -2.44. The molecule has 1 saturated heterocycles. The number of amides is 1. The van der Waals surface area contributed by atoms with Gasteiger partial charge in [0, 0.05) is 18.5 Å². The molecule has 1 aliphatic heterocycles. The minimum absolute atomic E-state index is 0.0105. The van der Waals surface area contributed by atoms with Gasteiger partial charge in [-0.2, -0.15) is 61.1 Å². The molecule has 1 amide bonds. The number of carbonyl (C=O) groups excluding carboxylic acids is 1. The maximum atomic E-state index is 13.7. The molecule has 3 rings (SSSR count). The minimum Gasteiger partial charge on any atom is -0.342 e. The first kappa shape index (κ1) is 35.5. The Morgan fingerprint density at radius 2 is 1.36 bits per heavy atom. The molecule has 0 spiro atoms. The van der Waals surface area contributed by atoms with Gasteiger partial charge in [0.1, 0.15) is 0 Å².